The summed E-state index contributed by atoms with van der Waals surface area (Å²) in [7, 11) is 0. The summed E-state index contributed by atoms with van der Waals surface area (Å²) in [5.74, 6) is 0.706. The van der Waals surface area contributed by atoms with Gasteiger partial charge in [0.2, 0.25) is 0 Å². The summed E-state index contributed by atoms with van der Waals surface area (Å²) >= 11 is 0. The minimum atomic E-state index is -0.588. The predicted octanol–water partition coefficient (Wildman–Crippen LogP) is 7.26. The lowest BCUT2D eigenvalue weighted by molar-refractivity contribution is -0.127. The number of aliphatic hydroxyl groups excluding tert-OH is 1. The zero-order valence-corrected chi connectivity index (χ0v) is 26.7. The van der Waals surface area contributed by atoms with E-state index in [9.17, 15) is 14.7 Å². The highest BCUT2D eigenvalue weighted by Crippen LogP contribution is 2.38. The number of unbranched alkanes of at least 4 members (excludes halogenated alkanes) is 1. The average molecular weight is 600 g/mol. The number of nitrogens with one attached hydrogen (secondary N) is 1. The normalized spacial score (nSPS) is 16.7. The second-order valence-corrected chi connectivity index (χ2v) is 12.8. The van der Waals surface area contributed by atoms with Gasteiger partial charge in [-0.1, -0.05) is 87.2 Å². The fourth-order valence-electron chi connectivity index (χ4n) is 5.73. The third-order valence-electron chi connectivity index (χ3n) is 8.07. The lowest BCUT2D eigenvalue weighted by Crippen LogP contribution is -2.42. The molecule has 0 aromatic heterocycles. The van der Waals surface area contributed by atoms with Crippen LogP contribution in [0.15, 0.2) is 84.9 Å². The van der Waals surface area contributed by atoms with Crippen LogP contribution in [-0.4, -0.2) is 41.7 Å². The summed E-state index contributed by atoms with van der Waals surface area (Å²) < 4.78 is 5.89. The molecule has 7 nitrogen and oxygen atoms in total. The molecule has 44 heavy (non-hydrogen) atoms. The topological polar surface area (TPSA) is 82.1 Å². The minimum absolute atomic E-state index is 0.0166. The Morgan fingerprint density at radius 3 is 1.89 bits per heavy atom. The molecule has 5 rings (SSSR count). The highest BCUT2D eigenvalue weighted by Gasteiger charge is 2.46. The first-order chi connectivity index (χ1) is 21.2. The third-order valence-corrected chi connectivity index (χ3v) is 8.07. The van der Waals surface area contributed by atoms with E-state index in [0.29, 0.717) is 36.9 Å². The largest absolute Gasteiger partial charge is 0.491 e. The Morgan fingerprint density at radius 2 is 1.36 bits per heavy atom. The monoisotopic (exact) mass is 599 g/mol. The standard InChI is InChI=1S/C19H20N2O2.C18H29NO2/c1-2-3-14-17-18(22)20(15-10-6-4-7-11-15)21(19(17)23)16-12-8-5-9-13-16;1-18(2,3)19-12-15(20)13-21-17-11-7-6-10-16(17)14-8-4-5-9-14/h4-13,17H,2-3,14H2,1H3;6-7,10-11,14-15,19-20H,4-5,8-9,12-13H2,1-3H3/t;15-/m.0/s1. The molecule has 0 radical (unpaired) electrons. The molecule has 3 aromatic carbocycles. The second kappa shape index (κ2) is 15.9. The van der Waals surface area contributed by atoms with Crippen LogP contribution in [0.3, 0.4) is 0 Å². The van der Waals surface area contributed by atoms with Gasteiger partial charge in [-0.05, 0) is 81.8 Å². The Bertz CT molecular complexity index is 1260. The number of rotatable bonds is 11. The SMILES string of the molecule is CC(C)(C)NC[C@H](O)COc1ccccc1C1CCCC1.CCCCC1C(=O)N(c2ccccc2)N(c2ccccc2)C1=O. The van der Waals surface area contributed by atoms with Crippen molar-refractivity contribution in [2.24, 2.45) is 5.92 Å². The molecule has 1 heterocycles. The van der Waals surface area contributed by atoms with Crippen molar-refractivity contribution in [3.63, 3.8) is 0 Å². The number of hydrazine groups is 1. The van der Waals surface area contributed by atoms with Crippen LogP contribution in [0.1, 0.15) is 84.1 Å². The molecule has 1 atom stereocenters. The van der Waals surface area contributed by atoms with Crippen molar-refractivity contribution >= 4 is 23.2 Å². The number of aliphatic hydroxyl groups is 1. The van der Waals surface area contributed by atoms with Crippen LogP contribution in [-0.2, 0) is 9.59 Å². The maximum Gasteiger partial charge on any atom is 0.258 e. The Balaban J connectivity index is 0.000000202. The van der Waals surface area contributed by atoms with Crippen LogP contribution in [0.2, 0.25) is 0 Å². The maximum atomic E-state index is 12.9. The van der Waals surface area contributed by atoms with Crippen molar-refractivity contribution in [2.45, 2.75) is 90.2 Å². The Kier molecular flexibility index (Phi) is 12.0. The molecule has 2 amide bonds. The van der Waals surface area contributed by atoms with Gasteiger partial charge in [-0.2, -0.15) is 0 Å². The molecule has 2 N–H and O–H groups in total. The van der Waals surface area contributed by atoms with Crippen LogP contribution < -0.4 is 20.1 Å². The number of carbonyl (C=O) groups is 2. The first kappa shape index (κ1) is 33.2. The number of ether oxygens (including phenoxy) is 1. The van der Waals surface area contributed by atoms with Gasteiger partial charge in [-0.25, -0.2) is 10.0 Å². The van der Waals surface area contributed by atoms with E-state index in [1.807, 2.05) is 72.8 Å². The molecule has 1 saturated heterocycles. The summed E-state index contributed by atoms with van der Waals surface area (Å²) in [6.07, 6.45) is 7.10. The number of hydrogen-bond acceptors (Lipinski definition) is 5. The van der Waals surface area contributed by atoms with E-state index < -0.39 is 12.0 Å². The predicted molar refractivity (Wildman–Crippen MR) is 178 cm³/mol. The van der Waals surface area contributed by atoms with Gasteiger partial charge >= 0.3 is 0 Å². The summed E-state index contributed by atoms with van der Waals surface area (Å²) in [5, 5.41) is 16.4. The molecule has 1 aliphatic heterocycles. The first-order valence-corrected chi connectivity index (χ1v) is 16.1. The number of benzene rings is 3. The van der Waals surface area contributed by atoms with Gasteiger partial charge in [0.15, 0.2) is 0 Å². The Hall–Kier alpha value is -3.68. The Labute approximate surface area is 263 Å². The molecular formula is C37H49N3O4. The summed E-state index contributed by atoms with van der Waals surface area (Å²) in [4.78, 5) is 25.7. The first-order valence-electron chi connectivity index (χ1n) is 16.1. The van der Waals surface area contributed by atoms with Gasteiger partial charge in [0.1, 0.15) is 24.4 Å². The number of hydrogen-bond donors (Lipinski definition) is 2. The zero-order chi connectivity index (χ0) is 31.5. The summed E-state index contributed by atoms with van der Waals surface area (Å²) in [5.41, 5.74) is 2.76. The van der Waals surface area contributed by atoms with Gasteiger partial charge in [-0.15, -0.1) is 0 Å². The molecule has 1 saturated carbocycles. The fraction of sp³-hybridized carbons (Fsp3) is 0.459. The number of β-amino-alcohol motifs (C(OH)–C–C–N with tert-alkyl or cyclic N) is 1. The third kappa shape index (κ3) is 8.93. The van der Waals surface area contributed by atoms with Crippen molar-refractivity contribution in [2.75, 3.05) is 23.2 Å². The molecule has 2 aliphatic rings. The van der Waals surface area contributed by atoms with E-state index in [1.165, 1.54) is 41.3 Å². The number of para-hydroxylation sites is 3. The highest BCUT2D eigenvalue weighted by atomic mass is 16.5. The molecule has 1 aliphatic carbocycles. The minimum Gasteiger partial charge on any atom is -0.491 e. The van der Waals surface area contributed by atoms with E-state index in [2.05, 4.69) is 45.1 Å². The molecule has 7 heteroatoms. The quantitative estimate of drug-likeness (QED) is 0.227. The fourth-order valence-corrected chi connectivity index (χ4v) is 5.73. The van der Waals surface area contributed by atoms with Crippen LogP contribution in [0.25, 0.3) is 0 Å². The molecule has 236 valence electrons. The van der Waals surface area contributed by atoms with Crippen LogP contribution >= 0.6 is 0 Å². The van der Waals surface area contributed by atoms with Crippen molar-refractivity contribution in [1.29, 1.82) is 0 Å². The number of nitrogens with zero attached hydrogens (tertiary/aromatic N) is 2. The smallest absolute Gasteiger partial charge is 0.258 e. The molecule has 0 unspecified atom stereocenters. The van der Waals surface area contributed by atoms with E-state index in [0.717, 1.165) is 18.6 Å². The number of anilines is 2. The molecule has 0 spiro atoms. The van der Waals surface area contributed by atoms with Crippen molar-refractivity contribution in [3.05, 3.63) is 90.5 Å². The average Bonchev–Trinajstić information content (AvgIpc) is 3.65. The molecule has 2 fully saturated rings. The maximum absolute atomic E-state index is 12.9. The summed E-state index contributed by atoms with van der Waals surface area (Å²) in [6.45, 7) is 9.23. The van der Waals surface area contributed by atoms with E-state index in [-0.39, 0.29) is 17.4 Å². The lowest BCUT2D eigenvalue weighted by atomic mass is 9.97. The van der Waals surface area contributed by atoms with Gasteiger partial charge in [0.25, 0.3) is 11.8 Å². The van der Waals surface area contributed by atoms with Crippen molar-refractivity contribution in [1.82, 2.24) is 5.32 Å². The lowest BCUT2D eigenvalue weighted by Gasteiger charge is -2.27. The number of carbonyl (C=O) groups excluding carboxylic acids is 2. The van der Waals surface area contributed by atoms with Crippen molar-refractivity contribution < 1.29 is 19.4 Å². The van der Waals surface area contributed by atoms with Gasteiger partial charge in [0.05, 0.1) is 11.4 Å². The van der Waals surface area contributed by atoms with Crippen LogP contribution in [0.4, 0.5) is 11.4 Å². The Morgan fingerprint density at radius 1 is 0.841 bits per heavy atom. The van der Waals surface area contributed by atoms with Gasteiger partial charge in [-0.3, -0.25) is 9.59 Å². The van der Waals surface area contributed by atoms with E-state index >= 15 is 0 Å². The molecule has 3 aromatic rings. The molecular weight excluding hydrogens is 550 g/mol. The second-order valence-electron chi connectivity index (χ2n) is 12.8. The number of amides is 2. The zero-order valence-electron chi connectivity index (χ0n) is 26.7. The van der Waals surface area contributed by atoms with E-state index in [1.54, 1.807) is 0 Å². The van der Waals surface area contributed by atoms with Crippen LogP contribution in [0.5, 0.6) is 5.75 Å². The summed E-state index contributed by atoms with van der Waals surface area (Å²) in [6, 6.07) is 27.0. The van der Waals surface area contributed by atoms with Gasteiger partial charge in [0, 0.05) is 12.1 Å². The molecule has 0 bridgehead atoms. The van der Waals surface area contributed by atoms with Gasteiger partial charge < -0.3 is 15.2 Å². The van der Waals surface area contributed by atoms with Crippen LogP contribution in [0, 0.1) is 5.92 Å². The highest BCUT2D eigenvalue weighted by molar-refractivity contribution is 6.22. The van der Waals surface area contributed by atoms with E-state index in [4.69, 9.17) is 4.74 Å². The van der Waals surface area contributed by atoms with Crippen molar-refractivity contribution in [3.8, 4) is 5.75 Å².